The SMILES string of the molecule is CCCCc1nc2c(C)cc(-c3cn4c(C)c(C)sc4n3)cc2n1Cc1ccc(-c2ccccc2-c2nn[nH]n2)cc1. The fraction of sp³-hybridized carbons (Fsp3) is 0.242. The molecule has 9 heteroatoms. The third-order valence-corrected chi connectivity index (χ3v) is 9.15. The number of aryl methyl sites for hydroxylation is 4. The number of nitrogens with zero attached hydrogens (tertiary/aromatic N) is 7. The third-order valence-electron chi connectivity index (χ3n) is 8.08. The maximum atomic E-state index is 5.16. The number of aromatic nitrogens is 8. The van der Waals surface area contributed by atoms with Crippen molar-refractivity contribution in [2.24, 2.45) is 0 Å². The van der Waals surface area contributed by atoms with Gasteiger partial charge in [-0.3, -0.25) is 4.40 Å². The van der Waals surface area contributed by atoms with Crippen molar-refractivity contribution >= 4 is 27.3 Å². The molecule has 4 aromatic heterocycles. The first kappa shape index (κ1) is 26.3. The lowest BCUT2D eigenvalue weighted by molar-refractivity contribution is 0.690. The first-order valence-corrected chi connectivity index (χ1v) is 15.2. The van der Waals surface area contributed by atoms with Gasteiger partial charge in [0.25, 0.3) is 0 Å². The lowest BCUT2D eigenvalue weighted by Gasteiger charge is -2.12. The number of imidazole rings is 2. The molecule has 0 saturated carbocycles. The molecule has 0 fully saturated rings. The molecule has 0 amide bonds. The molecule has 0 atom stereocenters. The topological polar surface area (TPSA) is 89.6 Å². The Bertz CT molecular complexity index is 2030. The van der Waals surface area contributed by atoms with Gasteiger partial charge in [-0.2, -0.15) is 5.21 Å². The highest BCUT2D eigenvalue weighted by atomic mass is 32.1. The molecule has 0 unspecified atom stereocenters. The number of fused-ring (bicyclic) bond motifs is 2. The predicted octanol–water partition coefficient (Wildman–Crippen LogP) is 7.58. The lowest BCUT2D eigenvalue weighted by atomic mass is 9.98. The van der Waals surface area contributed by atoms with E-state index in [1.807, 2.05) is 18.2 Å². The molecule has 3 aromatic carbocycles. The van der Waals surface area contributed by atoms with Crippen LogP contribution < -0.4 is 0 Å². The summed E-state index contributed by atoms with van der Waals surface area (Å²) in [5.74, 6) is 1.73. The highest BCUT2D eigenvalue weighted by molar-refractivity contribution is 7.17. The van der Waals surface area contributed by atoms with Crippen LogP contribution in [0.4, 0.5) is 0 Å². The molecule has 0 spiro atoms. The molecule has 42 heavy (non-hydrogen) atoms. The summed E-state index contributed by atoms with van der Waals surface area (Å²) in [6.07, 6.45) is 5.36. The number of rotatable bonds is 8. The second-order valence-corrected chi connectivity index (χ2v) is 12.1. The quantitative estimate of drug-likeness (QED) is 0.203. The Balaban J connectivity index is 1.27. The van der Waals surface area contributed by atoms with Gasteiger partial charge >= 0.3 is 0 Å². The number of unbranched alkanes of at least 4 members (excludes halogenated alkanes) is 1. The minimum absolute atomic E-state index is 0.592. The van der Waals surface area contributed by atoms with Crippen molar-refractivity contribution < 1.29 is 0 Å². The molecule has 210 valence electrons. The minimum Gasteiger partial charge on any atom is -0.323 e. The monoisotopic (exact) mass is 572 g/mol. The van der Waals surface area contributed by atoms with Crippen molar-refractivity contribution in [1.82, 2.24) is 39.6 Å². The van der Waals surface area contributed by atoms with Crippen molar-refractivity contribution in [3.8, 4) is 33.8 Å². The van der Waals surface area contributed by atoms with E-state index in [-0.39, 0.29) is 0 Å². The first-order chi connectivity index (χ1) is 20.5. The average Bonchev–Trinajstić information content (AvgIpc) is 3.79. The highest BCUT2D eigenvalue weighted by Gasteiger charge is 2.17. The number of benzene rings is 3. The Morgan fingerprint density at radius 3 is 2.45 bits per heavy atom. The van der Waals surface area contributed by atoms with Crippen LogP contribution in [0.15, 0.2) is 66.9 Å². The lowest BCUT2D eigenvalue weighted by Crippen LogP contribution is -2.05. The van der Waals surface area contributed by atoms with Crippen LogP contribution in [0.1, 0.15) is 47.3 Å². The van der Waals surface area contributed by atoms with Crippen molar-refractivity contribution in [1.29, 1.82) is 0 Å². The number of nitrogens with one attached hydrogen (secondary N) is 1. The Hall–Kier alpha value is -4.63. The Morgan fingerprint density at radius 2 is 1.71 bits per heavy atom. The molecule has 0 aliphatic carbocycles. The molecule has 0 aliphatic heterocycles. The standard InChI is InChI=1S/C33H32N8S/c1-5-6-11-30-35-31-20(2)16-25(28-19-40-21(3)22(4)42-33(40)34-28)17-29(31)41(30)18-23-12-14-24(15-13-23)26-9-7-8-10-27(26)32-36-38-39-37-32/h7-10,12-17,19H,5-6,11,18H2,1-4H3,(H,36,37,38,39). The summed E-state index contributed by atoms with van der Waals surface area (Å²) in [4.78, 5) is 12.5. The van der Waals surface area contributed by atoms with Gasteiger partial charge in [0.2, 0.25) is 5.82 Å². The molecule has 0 saturated heterocycles. The van der Waals surface area contributed by atoms with Gasteiger partial charge in [-0.05, 0) is 66.8 Å². The fourth-order valence-corrected chi connectivity index (χ4v) is 6.62. The smallest absolute Gasteiger partial charge is 0.205 e. The number of hydrogen-bond donors (Lipinski definition) is 1. The molecule has 4 heterocycles. The van der Waals surface area contributed by atoms with Crippen molar-refractivity contribution in [3.63, 3.8) is 0 Å². The van der Waals surface area contributed by atoms with E-state index < -0.39 is 0 Å². The molecule has 0 radical (unpaired) electrons. The fourth-order valence-electron chi connectivity index (χ4n) is 5.66. The van der Waals surface area contributed by atoms with Gasteiger partial charge in [-0.25, -0.2) is 9.97 Å². The van der Waals surface area contributed by atoms with Crippen LogP contribution in [0.2, 0.25) is 0 Å². The molecular weight excluding hydrogens is 540 g/mol. The van der Waals surface area contributed by atoms with Crippen molar-refractivity contribution in [2.75, 3.05) is 0 Å². The van der Waals surface area contributed by atoms with E-state index in [9.17, 15) is 0 Å². The summed E-state index contributed by atoms with van der Waals surface area (Å²) < 4.78 is 4.61. The van der Waals surface area contributed by atoms with Crippen molar-refractivity contribution in [3.05, 3.63) is 94.4 Å². The average molecular weight is 573 g/mol. The van der Waals surface area contributed by atoms with Gasteiger partial charge in [0.15, 0.2) is 4.96 Å². The summed E-state index contributed by atoms with van der Waals surface area (Å²) in [7, 11) is 0. The van der Waals surface area contributed by atoms with Crippen LogP contribution in [0, 0.1) is 20.8 Å². The largest absolute Gasteiger partial charge is 0.323 e. The van der Waals surface area contributed by atoms with Crippen LogP contribution in [-0.2, 0) is 13.0 Å². The second-order valence-electron chi connectivity index (χ2n) is 10.9. The van der Waals surface area contributed by atoms with Crippen LogP contribution in [0.5, 0.6) is 0 Å². The number of tetrazole rings is 1. The molecular formula is C33H32N8S. The molecule has 0 aliphatic rings. The van der Waals surface area contributed by atoms with Gasteiger partial charge in [0, 0.05) is 40.9 Å². The van der Waals surface area contributed by atoms with E-state index in [1.165, 1.54) is 21.7 Å². The number of H-pyrrole nitrogens is 1. The maximum absolute atomic E-state index is 5.16. The van der Waals surface area contributed by atoms with E-state index in [0.717, 1.165) is 75.6 Å². The molecule has 0 bridgehead atoms. The molecule has 1 N–H and O–H groups in total. The van der Waals surface area contributed by atoms with E-state index in [4.69, 9.17) is 9.97 Å². The minimum atomic E-state index is 0.592. The van der Waals surface area contributed by atoms with Crippen LogP contribution in [-0.4, -0.2) is 39.6 Å². The van der Waals surface area contributed by atoms with Crippen molar-refractivity contribution in [2.45, 2.75) is 53.5 Å². The maximum Gasteiger partial charge on any atom is 0.205 e. The van der Waals surface area contributed by atoms with Crippen LogP contribution in [0.3, 0.4) is 0 Å². The summed E-state index contributed by atoms with van der Waals surface area (Å²) in [5, 5.41) is 14.7. The first-order valence-electron chi connectivity index (χ1n) is 14.4. The van der Waals surface area contributed by atoms with E-state index in [2.05, 4.69) is 106 Å². The van der Waals surface area contributed by atoms with Gasteiger partial charge < -0.3 is 4.57 Å². The van der Waals surface area contributed by atoms with Gasteiger partial charge in [0.1, 0.15) is 5.82 Å². The zero-order valence-electron chi connectivity index (χ0n) is 24.2. The zero-order valence-corrected chi connectivity index (χ0v) is 25.0. The third kappa shape index (κ3) is 4.59. The number of aromatic amines is 1. The van der Waals surface area contributed by atoms with Gasteiger partial charge in [-0.1, -0.05) is 61.9 Å². The Morgan fingerprint density at radius 1 is 0.905 bits per heavy atom. The summed E-state index contributed by atoms with van der Waals surface area (Å²) >= 11 is 1.74. The van der Waals surface area contributed by atoms with Gasteiger partial charge in [-0.15, -0.1) is 21.5 Å². The predicted molar refractivity (Wildman–Crippen MR) is 169 cm³/mol. The van der Waals surface area contributed by atoms with E-state index in [0.29, 0.717) is 5.82 Å². The zero-order chi connectivity index (χ0) is 28.8. The Labute approximate surface area is 248 Å². The summed E-state index contributed by atoms with van der Waals surface area (Å²) in [5.41, 5.74) is 11.2. The second kappa shape index (κ2) is 10.6. The molecule has 8 nitrogen and oxygen atoms in total. The number of thiazole rings is 1. The van der Waals surface area contributed by atoms with Crippen LogP contribution >= 0.6 is 11.3 Å². The Kier molecular flexibility index (Phi) is 6.66. The highest BCUT2D eigenvalue weighted by Crippen LogP contribution is 2.33. The van der Waals surface area contributed by atoms with E-state index >= 15 is 0 Å². The van der Waals surface area contributed by atoms with E-state index in [1.54, 1.807) is 11.3 Å². The molecule has 7 rings (SSSR count). The normalized spacial score (nSPS) is 11.7. The summed E-state index contributed by atoms with van der Waals surface area (Å²) in [6, 6.07) is 21.4. The summed E-state index contributed by atoms with van der Waals surface area (Å²) in [6.45, 7) is 9.46. The molecule has 7 aromatic rings. The van der Waals surface area contributed by atoms with Crippen LogP contribution in [0.25, 0.3) is 49.8 Å². The number of hydrogen-bond acceptors (Lipinski definition) is 6. The van der Waals surface area contributed by atoms with Gasteiger partial charge in [0.05, 0.1) is 16.7 Å².